The number of non-ortho nitro benzene ring substituents is 1. The predicted octanol–water partition coefficient (Wildman–Crippen LogP) is 5.43. The highest BCUT2D eigenvalue weighted by Gasteiger charge is 2.12. The molecule has 8 heteroatoms. The zero-order chi connectivity index (χ0) is 25.8. The Morgan fingerprint density at radius 1 is 0.568 bits per heavy atom. The molecule has 0 aliphatic heterocycles. The molecule has 0 atom stereocenters. The molecule has 0 aliphatic rings. The number of aliphatic hydroxyl groups excluding tert-OH is 2. The van der Waals surface area contributed by atoms with Crippen molar-refractivity contribution >= 4 is 5.69 Å². The van der Waals surface area contributed by atoms with Gasteiger partial charge in [-0.15, -0.1) is 0 Å². The van der Waals surface area contributed by atoms with Crippen molar-refractivity contribution < 1.29 is 15.1 Å². The molecule has 8 nitrogen and oxygen atoms in total. The van der Waals surface area contributed by atoms with Gasteiger partial charge in [-0.1, -0.05) is 36.4 Å². The molecule has 2 N–H and O–H groups in total. The molecule has 0 amide bonds. The Morgan fingerprint density at radius 2 is 1.00 bits per heavy atom. The van der Waals surface area contributed by atoms with E-state index < -0.39 is 4.92 Å². The third kappa shape index (κ3) is 5.25. The molecule has 3 heterocycles. The van der Waals surface area contributed by atoms with Crippen LogP contribution in [0.15, 0.2) is 97.1 Å². The number of aliphatic hydroxyl groups is 2. The summed E-state index contributed by atoms with van der Waals surface area (Å²) in [5.41, 5.74) is 7.26. The van der Waals surface area contributed by atoms with Crippen LogP contribution in [0, 0.1) is 10.1 Å². The summed E-state index contributed by atoms with van der Waals surface area (Å²) >= 11 is 0. The second-order valence-corrected chi connectivity index (χ2v) is 8.35. The monoisotopic (exact) mass is 490 g/mol. The maximum absolute atomic E-state index is 10.9. The Labute approximate surface area is 212 Å². The van der Waals surface area contributed by atoms with Crippen molar-refractivity contribution in [2.24, 2.45) is 0 Å². The zero-order valence-electron chi connectivity index (χ0n) is 19.7. The van der Waals surface area contributed by atoms with Gasteiger partial charge in [0.2, 0.25) is 0 Å². The van der Waals surface area contributed by atoms with Crippen LogP contribution in [0.25, 0.3) is 45.0 Å². The Balaban J connectivity index is 1.57. The predicted molar refractivity (Wildman–Crippen MR) is 140 cm³/mol. The molecule has 0 bridgehead atoms. The Kier molecular flexibility index (Phi) is 6.76. The van der Waals surface area contributed by atoms with Crippen LogP contribution < -0.4 is 0 Å². The fraction of sp³-hybridized carbons (Fsp3) is 0.0690. The quantitative estimate of drug-likeness (QED) is 0.230. The lowest BCUT2D eigenvalue weighted by Gasteiger charge is -2.11. The number of aromatic nitrogens is 3. The van der Waals surface area contributed by atoms with Gasteiger partial charge in [0.1, 0.15) is 0 Å². The Hall–Kier alpha value is -4.79. The van der Waals surface area contributed by atoms with Crippen molar-refractivity contribution in [2.75, 3.05) is 0 Å². The second kappa shape index (κ2) is 10.4. The molecular weight excluding hydrogens is 468 g/mol. The van der Waals surface area contributed by atoms with E-state index in [0.29, 0.717) is 34.2 Å². The fourth-order valence-electron chi connectivity index (χ4n) is 4.01. The standard InChI is InChI=1S/C29H22N4O4/c34-17-23-3-1-5-26(30-23)28-15-22(16-29(32-28)27-6-2-4-24(18-35)31-27)21-9-7-19(8-10-21)20-11-13-25(14-12-20)33(36)37/h1-16,34-35H,17-18H2. The topological polar surface area (TPSA) is 122 Å². The molecule has 5 aromatic rings. The van der Waals surface area contributed by atoms with E-state index in [2.05, 4.69) is 9.97 Å². The summed E-state index contributed by atoms with van der Waals surface area (Å²) in [4.78, 5) is 24.4. The van der Waals surface area contributed by atoms with Gasteiger partial charge in [-0.3, -0.25) is 10.1 Å². The fourth-order valence-corrected chi connectivity index (χ4v) is 4.01. The SMILES string of the molecule is O=[N+]([O-])c1ccc(-c2ccc(-c3cc(-c4cccc(CO)n4)nc(-c4cccc(CO)n4)c3)cc2)cc1. The molecule has 182 valence electrons. The molecule has 0 unspecified atom stereocenters. The van der Waals surface area contributed by atoms with Crippen LogP contribution in [0.2, 0.25) is 0 Å². The first kappa shape index (κ1) is 23.9. The van der Waals surface area contributed by atoms with Gasteiger partial charge < -0.3 is 10.2 Å². The summed E-state index contributed by atoms with van der Waals surface area (Å²) < 4.78 is 0. The number of hydrogen-bond donors (Lipinski definition) is 2. The van der Waals surface area contributed by atoms with Gasteiger partial charge in [-0.05, 0) is 70.8 Å². The van der Waals surface area contributed by atoms with Crippen LogP contribution in [0.4, 0.5) is 5.69 Å². The third-order valence-electron chi connectivity index (χ3n) is 5.92. The molecule has 3 aromatic heterocycles. The highest BCUT2D eigenvalue weighted by Crippen LogP contribution is 2.31. The van der Waals surface area contributed by atoms with E-state index >= 15 is 0 Å². The molecule has 0 spiro atoms. The van der Waals surface area contributed by atoms with E-state index in [-0.39, 0.29) is 18.9 Å². The van der Waals surface area contributed by atoms with Gasteiger partial charge in [-0.2, -0.15) is 0 Å². The first-order valence-corrected chi connectivity index (χ1v) is 11.6. The number of pyridine rings is 3. The van der Waals surface area contributed by atoms with E-state index in [9.17, 15) is 20.3 Å². The summed E-state index contributed by atoms with van der Waals surface area (Å²) in [7, 11) is 0. The van der Waals surface area contributed by atoms with Crippen molar-refractivity contribution in [1.82, 2.24) is 15.0 Å². The lowest BCUT2D eigenvalue weighted by atomic mass is 9.99. The van der Waals surface area contributed by atoms with Crippen LogP contribution >= 0.6 is 0 Å². The lowest BCUT2D eigenvalue weighted by Crippen LogP contribution is -1.98. The lowest BCUT2D eigenvalue weighted by molar-refractivity contribution is -0.384. The van der Waals surface area contributed by atoms with Gasteiger partial charge >= 0.3 is 0 Å². The van der Waals surface area contributed by atoms with Crippen LogP contribution in [0.5, 0.6) is 0 Å². The van der Waals surface area contributed by atoms with E-state index in [0.717, 1.165) is 22.3 Å². The first-order chi connectivity index (χ1) is 18.0. The largest absolute Gasteiger partial charge is 0.390 e. The van der Waals surface area contributed by atoms with E-state index in [1.165, 1.54) is 12.1 Å². The van der Waals surface area contributed by atoms with Crippen molar-refractivity contribution in [1.29, 1.82) is 0 Å². The van der Waals surface area contributed by atoms with Crippen LogP contribution in [0.1, 0.15) is 11.4 Å². The molecule has 0 saturated carbocycles. The van der Waals surface area contributed by atoms with Crippen molar-refractivity contribution in [3.05, 3.63) is 119 Å². The van der Waals surface area contributed by atoms with Gasteiger partial charge in [0.05, 0.1) is 52.3 Å². The minimum Gasteiger partial charge on any atom is -0.390 e. The van der Waals surface area contributed by atoms with Gasteiger partial charge in [0.15, 0.2) is 0 Å². The molecule has 0 aliphatic carbocycles. The maximum Gasteiger partial charge on any atom is 0.269 e. The molecule has 5 rings (SSSR count). The van der Waals surface area contributed by atoms with E-state index in [4.69, 9.17) is 4.98 Å². The summed E-state index contributed by atoms with van der Waals surface area (Å²) in [5, 5.41) is 30.0. The molecule has 0 saturated heterocycles. The normalized spacial score (nSPS) is 10.9. The average molecular weight is 491 g/mol. The highest BCUT2D eigenvalue weighted by atomic mass is 16.6. The number of rotatable bonds is 7. The van der Waals surface area contributed by atoms with Crippen molar-refractivity contribution in [3.8, 4) is 45.0 Å². The number of nitro groups is 1. The highest BCUT2D eigenvalue weighted by molar-refractivity contribution is 5.76. The summed E-state index contributed by atoms with van der Waals surface area (Å²) in [6, 6.07) is 29.0. The third-order valence-corrected chi connectivity index (χ3v) is 5.92. The molecule has 37 heavy (non-hydrogen) atoms. The zero-order valence-corrected chi connectivity index (χ0v) is 19.7. The number of benzene rings is 2. The number of nitrogens with zero attached hydrogens (tertiary/aromatic N) is 4. The smallest absolute Gasteiger partial charge is 0.269 e. The molecular formula is C29H22N4O4. The van der Waals surface area contributed by atoms with Crippen LogP contribution in [0.3, 0.4) is 0 Å². The van der Waals surface area contributed by atoms with Crippen molar-refractivity contribution in [3.63, 3.8) is 0 Å². The Bertz CT molecular complexity index is 1500. The first-order valence-electron chi connectivity index (χ1n) is 11.6. The minimum absolute atomic E-state index is 0.0509. The summed E-state index contributed by atoms with van der Waals surface area (Å²) in [5.74, 6) is 0. The molecule has 0 radical (unpaired) electrons. The number of hydrogen-bond acceptors (Lipinski definition) is 7. The Morgan fingerprint density at radius 3 is 1.43 bits per heavy atom. The van der Waals surface area contributed by atoms with Gasteiger partial charge in [0, 0.05) is 12.1 Å². The van der Waals surface area contributed by atoms with Crippen LogP contribution in [-0.4, -0.2) is 30.1 Å². The van der Waals surface area contributed by atoms with Crippen molar-refractivity contribution in [2.45, 2.75) is 13.2 Å². The van der Waals surface area contributed by atoms with Gasteiger partial charge in [-0.25, -0.2) is 15.0 Å². The maximum atomic E-state index is 10.9. The second-order valence-electron chi connectivity index (χ2n) is 8.35. The molecule has 2 aromatic carbocycles. The number of nitro benzene ring substituents is 1. The minimum atomic E-state index is -0.415. The van der Waals surface area contributed by atoms with E-state index in [1.54, 1.807) is 24.3 Å². The van der Waals surface area contributed by atoms with E-state index in [1.807, 2.05) is 60.7 Å². The summed E-state index contributed by atoms with van der Waals surface area (Å²) in [6.07, 6.45) is 0. The average Bonchev–Trinajstić information content (AvgIpc) is 2.97. The molecule has 0 fully saturated rings. The van der Waals surface area contributed by atoms with Crippen LogP contribution in [-0.2, 0) is 13.2 Å². The summed E-state index contributed by atoms with van der Waals surface area (Å²) in [6.45, 7) is -0.352. The van der Waals surface area contributed by atoms with Gasteiger partial charge in [0.25, 0.3) is 5.69 Å².